The maximum Gasteiger partial charge on any atom is 0.0587 e. The summed E-state index contributed by atoms with van der Waals surface area (Å²) in [4.78, 5) is 8.39. The molecule has 66 valence electrons. The number of aryl methyl sites for hydroxylation is 2. The number of aromatic nitrogens is 2. The van der Waals surface area contributed by atoms with E-state index in [1.165, 1.54) is 0 Å². The van der Waals surface area contributed by atoms with Gasteiger partial charge in [0.2, 0.25) is 0 Å². The van der Waals surface area contributed by atoms with Crippen molar-refractivity contribution in [2.75, 3.05) is 0 Å². The Balaban J connectivity index is 2.48. The SMILES string of the molecule is Cc1cnc(CC[C@H](C)N)cn1. The minimum Gasteiger partial charge on any atom is -0.328 e. The molecule has 1 aromatic heterocycles. The van der Waals surface area contributed by atoms with Gasteiger partial charge in [-0.1, -0.05) is 0 Å². The molecule has 1 aromatic rings. The van der Waals surface area contributed by atoms with Gasteiger partial charge in [0.05, 0.1) is 11.4 Å². The Morgan fingerprint density at radius 2 is 2.17 bits per heavy atom. The molecule has 3 nitrogen and oxygen atoms in total. The predicted octanol–water partition coefficient (Wildman–Crippen LogP) is 1.06. The third-order valence-corrected chi connectivity index (χ3v) is 1.69. The van der Waals surface area contributed by atoms with Crippen LogP contribution in [0.4, 0.5) is 0 Å². The molecule has 0 aromatic carbocycles. The van der Waals surface area contributed by atoms with E-state index in [-0.39, 0.29) is 6.04 Å². The molecule has 0 amide bonds. The third kappa shape index (κ3) is 2.96. The summed E-state index contributed by atoms with van der Waals surface area (Å²) in [6.45, 7) is 3.93. The Morgan fingerprint density at radius 3 is 2.67 bits per heavy atom. The van der Waals surface area contributed by atoms with Crippen molar-refractivity contribution in [1.82, 2.24) is 9.97 Å². The molecule has 0 fully saturated rings. The minimum absolute atomic E-state index is 0.244. The van der Waals surface area contributed by atoms with Gasteiger partial charge in [-0.2, -0.15) is 0 Å². The number of rotatable bonds is 3. The molecule has 12 heavy (non-hydrogen) atoms. The van der Waals surface area contributed by atoms with Crippen molar-refractivity contribution >= 4 is 0 Å². The van der Waals surface area contributed by atoms with E-state index in [0.29, 0.717) is 0 Å². The molecular weight excluding hydrogens is 150 g/mol. The highest BCUT2D eigenvalue weighted by Crippen LogP contribution is 1.99. The van der Waals surface area contributed by atoms with Gasteiger partial charge >= 0.3 is 0 Å². The lowest BCUT2D eigenvalue weighted by Gasteiger charge is -2.03. The van der Waals surface area contributed by atoms with Gasteiger partial charge in [-0.25, -0.2) is 0 Å². The van der Waals surface area contributed by atoms with Crippen LogP contribution < -0.4 is 5.73 Å². The highest BCUT2D eigenvalue weighted by Gasteiger charge is 1.97. The van der Waals surface area contributed by atoms with Crippen LogP contribution in [0.1, 0.15) is 24.7 Å². The quantitative estimate of drug-likeness (QED) is 0.728. The standard InChI is InChI=1S/C9H15N3/c1-7(10)3-4-9-6-11-8(2)5-12-9/h5-7H,3-4,10H2,1-2H3/t7-/m0/s1. The number of hydrogen-bond acceptors (Lipinski definition) is 3. The Kier molecular flexibility index (Phi) is 3.17. The molecule has 0 spiro atoms. The van der Waals surface area contributed by atoms with E-state index in [4.69, 9.17) is 5.73 Å². The lowest BCUT2D eigenvalue weighted by atomic mass is 10.1. The molecule has 0 aliphatic rings. The van der Waals surface area contributed by atoms with Crippen molar-refractivity contribution in [3.8, 4) is 0 Å². The zero-order chi connectivity index (χ0) is 8.97. The van der Waals surface area contributed by atoms with E-state index >= 15 is 0 Å². The minimum atomic E-state index is 0.244. The first kappa shape index (κ1) is 9.13. The average molecular weight is 165 g/mol. The second kappa shape index (κ2) is 4.16. The predicted molar refractivity (Wildman–Crippen MR) is 48.7 cm³/mol. The van der Waals surface area contributed by atoms with Crippen molar-refractivity contribution < 1.29 is 0 Å². The van der Waals surface area contributed by atoms with E-state index in [2.05, 4.69) is 9.97 Å². The summed E-state index contributed by atoms with van der Waals surface area (Å²) in [6, 6.07) is 0.244. The fourth-order valence-electron chi connectivity index (χ4n) is 0.924. The maximum absolute atomic E-state index is 5.62. The van der Waals surface area contributed by atoms with Crippen molar-refractivity contribution in [2.45, 2.75) is 32.7 Å². The summed E-state index contributed by atoms with van der Waals surface area (Å²) in [6.07, 6.45) is 5.50. The van der Waals surface area contributed by atoms with E-state index in [1.54, 1.807) is 6.20 Å². The average Bonchev–Trinajstić information content (AvgIpc) is 2.03. The molecule has 1 heterocycles. The Morgan fingerprint density at radius 1 is 1.42 bits per heavy atom. The molecule has 0 saturated heterocycles. The van der Waals surface area contributed by atoms with Crippen molar-refractivity contribution in [1.29, 1.82) is 0 Å². The Hall–Kier alpha value is -0.960. The first-order valence-corrected chi connectivity index (χ1v) is 4.21. The fraction of sp³-hybridized carbons (Fsp3) is 0.556. The highest BCUT2D eigenvalue weighted by molar-refractivity contribution is 5.00. The largest absolute Gasteiger partial charge is 0.328 e. The first-order valence-electron chi connectivity index (χ1n) is 4.21. The molecule has 0 saturated carbocycles. The lowest BCUT2D eigenvalue weighted by Crippen LogP contribution is -2.15. The monoisotopic (exact) mass is 165 g/mol. The Bertz CT molecular complexity index is 228. The molecule has 1 rings (SSSR count). The van der Waals surface area contributed by atoms with Gasteiger partial charge in [0.15, 0.2) is 0 Å². The van der Waals surface area contributed by atoms with Gasteiger partial charge in [0.25, 0.3) is 0 Å². The van der Waals surface area contributed by atoms with Crippen molar-refractivity contribution in [3.05, 3.63) is 23.8 Å². The van der Waals surface area contributed by atoms with E-state index in [1.807, 2.05) is 20.0 Å². The summed E-state index contributed by atoms with van der Waals surface area (Å²) in [5.41, 5.74) is 7.61. The Labute approximate surface area is 73.0 Å². The fourth-order valence-corrected chi connectivity index (χ4v) is 0.924. The summed E-state index contributed by atoms with van der Waals surface area (Å²) in [5.74, 6) is 0. The molecule has 1 atom stereocenters. The molecule has 0 bridgehead atoms. The van der Waals surface area contributed by atoms with Crippen LogP contribution in [0.3, 0.4) is 0 Å². The molecule has 0 radical (unpaired) electrons. The highest BCUT2D eigenvalue weighted by atomic mass is 14.8. The first-order chi connectivity index (χ1) is 5.68. The summed E-state index contributed by atoms with van der Waals surface area (Å²) in [5, 5.41) is 0. The van der Waals surface area contributed by atoms with Crippen LogP contribution in [0, 0.1) is 6.92 Å². The van der Waals surface area contributed by atoms with Crippen LogP contribution in [-0.4, -0.2) is 16.0 Å². The van der Waals surface area contributed by atoms with Gasteiger partial charge in [0, 0.05) is 18.4 Å². The van der Waals surface area contributed by atoms with Gasteiger partial charge in [-0.15, -0.1) is 0 Å². The van der Waals surface area contributed by atoms with Crippen LogP contribution in [0.15, 0.2) is 12.4 Å². The second-order valence-corrected chi connectivity index (χ2v) is 3.17. The van der Waals surface area contributed by atoms with E-state index in [9.17, 15) is 0 Å². The van der Waals surface area contributed by atoms with E-state index in [0.717, 1.165) is 24.2 Å². The lowest BCUT2D eigenvalue weighted by molar-refractivity contribution is 0.656. The van der Waals surface area contributed by atoms with Gasteiger partial charge in [-0.05, 0) is 26.7 Å². The van der Waals surface area contributed by atoms with Gasteiger partial charge in [-0.3, -0.25) is 9.97 Å². The maximum atomic E-state index is 5.62. The van der Waals surface area contributed by atoms with Crippen molar-refractivity contribution in [3.63, 3.8) is 0 Å². The molecule has 3 heteroatoms. The number of nitrogens with zero attached hydrogens (tertiary/aromatic N) is 2. The summed E-state index contributed by atoms with van der Waals surface area (Å²) in [7, 11) is 0. The molecule has 2 N–H and O–H groups in total. The van der Waals surface area contributed by atoms with Crippen LogP contribution in [-0.2, 0) is 6.42 Å². The van der Waals surface area contributed by atoms with Crippen LogP contribution >= 0.6 is 0 Å². The molecule has 0 aliphatic carbocycles. The summed E-state index contributed by atoms with van der Waals surface area (Å²) < 4.78 is 0. The molecular formula is C9H15N3. The van der Waals surface area contributed by atoms with Crippen LogP contribution in [0.5, 0.6) is 0 Å². The zero-order valence-corrected chi connectivity index (χ0v) is 7.62. The van der Waals surface area contributed by atoms with Crippen LogP contribution in [0.25, 0.3) is 0 Å². The topological polar surface area (TPSA) is 51.8 Å². The van der Waals surface area contributed by atoms with Gasteiger partial charge in [0.1, 0.15) is 0 Å². The zero-order valence-electron chi connectivity index (χ0n) is 7.62. The van der Waals surface area contributed by atoms with Crippen LogP contribution in [0.2, 0.25) is 0 Å². The smallest absolute Gasteiger partial charge is 0.0587 e. The number of hydrogen-bond donors (Lipinski definition) is 1. The van der Waals surface area contributed by atoms with Gasteiger partial charge < -0.3 is 5.73 Å². The molecule has 0 unspecified atom stereocenters. The molecule has 0 aliphatic heterocycles. The van der Waals surface area contributed by atoms with E-state index < -0.39 is 0 Å². The third-order valence-electron chi connectivity index (χ3n) is 1.69. The number of nitrogens with two attached hydrogens (primary N) is 1. The second-order valence-electron chi connectivity index (χ2n) is 3.17. The summed E-state index contributed by atoms with van der Waals surface area (Å²) >= 11 is 0. The van der Waals surface area contributed by atoms with Crippen molar-refractivity contribution in [2.24, 2.45) is 5.73 Å². The normalized spacial score (nSPS) is 12.9.